The van der Waals surface area contributed by atoms with Gasteiger partial charge in [0.05, 0.1) is 7.11 Å². The van der Waals surface area contributed by atoms with Gasteiger partial charge in [-0.3, -0.25) is 4.79 Å². The van der Waals surface area contributed by atoms with Crippen molar-refractivity contribution in [3.8, 4) is 0 Å². The highest BCUT2D eigenvalue weighted by molar-refractivity contribution is 9.10. The number of methoxy groups -OCH3 is 1. The van der Waals surface area contributed by atoms with Crippen LogP contribution in [0.5, 0.6) is 0 Å². The van der Waals surface area contributed by atoms with E-state index in [1.165, 1.54) is 7.11 Å². The topological polar surface area (TPSA) is 58.6 Å². The molecule has 1 heterocycles. The molecule has 2 rings (SSSR count). The van der Waals surface area contributed by atoms with E-state index >= 15 is 0 Å². The molecule has 0 saturated carbocycles. The molecule has 20 heavy (non-hydrogen) atoms. The standard InChI is InChI=1S/C14H17BrN2O3/c1-20-14(19)17-7-5-10(6-8-17)13(18)16-12-4-2-3-11(15)9-12/h2-4,9-10H,5-8H2,1H3,(H,16,18). The summed E-state index contributed by atoms with van der Waals surface area (Å²) in [5.74, 6) is -0.0532. The van der Waals surface area contributed by atoms with Crippen molar-refractivity contribution in [2.75, 3.05) is 25.5 Å². The molecule has 5 nitrogen and oxygen atoms in total. The van der Waals surface area contributed by atoms with Gasteiger partial charge in [-0.2, -0.15) is 0 Å². The SMILES string of the molecule is COC(=O)N1CCC(C(=O)Nc2cccc(Br)c2)CC1. The molecule has 1 aromatic rings. The van der Waals surface area contributed by atoms with E-state index in [1.54, 1.807) is 4.90 Å². The molecule has 1 fully saturated rings. The van der Waals surface area contributed by atoms with Gasteiger partial charge in [0.2, 0.25) is 5.91 Å². The van der Waals surface area contributed by atoms with Crippen LogP contribution in [0.1, 0.15) is 12.8 Å². The first-order valence-electron chi connectivity index (χ1n) is 6.49. The second kappa shape index (κ2) is 6.74. The van der Waals surface area contributed by atoms with Crippen molar-refractivity contribution < 1.29 is 14.3 Å². The number of benzene rings is 1. The summed E-state index contributed by atoms with van der Waals surface area (Å²) in [7, 11) is 1.37. The van der Waals surface area contributed by atoms with E-state index in [1.807, 2.05) is 24.3 Å². The van der Waals surface area contributed by atoms with E-state index < -0.39 is 0 Å². The number of rotatable bonds is 2. The van der Waals surface area contributed by atoms with E-state index in [9.17, 15) is 9.59 Å². The Balaban J connectivity index is 1.87. The molecule has 1 N–H and O–H groups in total. The average molecular weight is 341 g/mol. The zero-order chi connectivity index (χ0) is 14.5. The molecule has 2 amide bonds. The lowest BCUT2D eigenvalue weighted by Crippen LogP contribution is -2.41. The van der Waals surface area contributed by atoms with Crippen LogP contribution in [0, 0.1) is 5.92 Å². The van der Waals surface area contributed by atoms with Gasteiger partial charge in [0.25, 0.3) is 0 Å². The Hall–Kier alpha value is -1.56. The lowest BCUT2D eigenvalue weighted by molar-refractivity contribution is -0.121. The van der Waals surface area contributed by atoms with Crippen LogP contribution < -0.4 is 5.32 Å². The molecule has 1 aromatic carbocycles. The number of nitrogens with one attached hydrogen (secondary N) is 1. The van der Waals surface area contributed by atoms with Gasteiger partial charge in [-0.25, -0.2) is 4.79 Å². The van der Waals surface area contributed by atoms with Gasteiger partial charge in [0.15, 0.2) is 0 Å². The second-order valence-corrected chi connectivity index (χ2v) is 5.65. The van der Waals surface area contributed by atoms with Gasteiger partial charge in [0, 0.05) is 29.2 Å². The zero-order valence-corrected chi connectivity index (χ0v) is 12.9. The van der Waals surface area contributed by atoms with E-state index in [4.69, 9.17) is 0 Å². The number of amides is 2. The summed E-state index contributed by atoms with van der Waals surface area (Å²) in [4.78, 5) is 25.2. The quantitative estimate of drug-likeness (QED) is 0.900. The Morgan fingerprint density at radius 2 is 2.05 bits per heavy atom. The van der Waals surface area contributed by atoms with Crippen molar-refractivity contribution in [2.45, 2.75) is 12.8 Å². The number of anilines is 1. The first-order chi connectivity index (χ1) is 9.60. The van der Waals surface area contributed by atoms with E-state index in [0.717, 1.165) is 10.2 Å². The van der Waals surface area contributed by atoms with Crippen molar-refractivity contribution in [1.82, 2.24) is 4.90 Å². The number of carbonyl (C=O) groups is 2. The fraction of sp³-hybridized carbons (Fsp3) is 0.429. The van der Waals surface area contributed by atoms with E-state index in [-0.39, 0.29) is 17.9 Å². The molecule has 0 atom stereocenters. The van der Waals surface area contributed by atoms with Gasteiger partial charge < -0.3 is 15.0 Å². The monoisotopic (exact) mass is 340 g/mol. The van der Waals surface area contributed by atoms with Gasteiger partial charge in [0.1, 0.15) is 0 Å². The molecular formula is C14H17BrN2O3. The molecule has 1 aliphatic rings. The number of nitrogens with zero attached hydrogens (tertiary/aromatic N) is 1. The Kier molecular flexibility index (Phi) is 5.00. The molecule has 0 spiro atoms. The maximum atomic E-state index is 12.2. The summed E-state index contributed by atoms with van der Waals surface area (Å²) < 4.78 is 5.60. The van der Waals surface area contributed by atoms with Crippen molar-refractivity contribution >= 4 is 33.6 Å². The smallest absolute Gasteiger partial charge is 0.409 e. The fourth-order valence-electron chi connectivity index (χ4n) is 2.26. The summed E-state index contributed by atoms with van der Waals surface area (Å²) in [6, 6.07) is 7.50. The van der Waals surface area contributed by atoms with Gasteiger partial charge >= 0.3 is 6.09 Å². The van der Waals surface area contributed by atoms with Crippen molar-refractivity contribution in [3.63, 3.8) is 0 Å². The molecule has 0 bridgehead atoms. The van der Waals surface area contributed by atoms with E-state index in [0.29, 0.717) is 25.9 Å². The van der Waals surface area contributed by atoms with Gasteiger partial charge in [-0.15, -0.1) is 0 Å². The molecule has 0 aliphatic carbocycles. The predicted octanol–water partition coefficient (Wildman–Crippen LogP) is 2.87. The highest BCUT2D eigenvalue weighted by Crippen LogP contribution is 2.21. The minimum absolute atomic E-state index is 0.00705. The van der Waals surface area contributed by atoms with E-state index in [2.05, 4.69) is 26.0 Å². The molecule has 1 aliphatic heterocycles. The summed E-state index contributed by atoms with van der Waals surface area (Å²) >= 11 is 3.37. The highest BCUT2D eigenvalue weighted by Gasteiger charge is 2.27. The molecule has 0 unspecified atom stereocenters. The lowest BCUT2D eigenvalue weighted by atomic mass is 9.96. The number of hydrogen-bond acceptors (Lipinski definition) is 3. The largest absolute Gasteiger partial charge is 0.453 e. The summed E-state index contributed by atoms with van der Waals surface area (Å²) in [5, 5.41) is 2.91. The van der Waals surface area contributed by atoms with Crippen LogP contribution in [0.25, 0.3) is 0 Å². The number of hydrogen-bond donors (Lipinski definition) is 1. The average Bonchev–Trinajstić information content (AvgIpc) is 2.46. The normalized spacial score (nSPS) is 15.8. The Morgan fingerprint density at radius 3 is 2.65 bits per heavy atom. The fourth-order valence-corrected chi connectivity index (χ4v) is 2.66. The second-order valence-electron chi connectivity index (χ2n) is 4.73. The summed E-state index contributed by atoms with van der Waals surface area (Å²) in [6.45, 7) is 1.12. The zero-order valence-electron chi connectivity index (χ0n) is 11.3. The molecule has 108 valence electrons. The van der Waals surface area contributed by atoms with Crippen LogP contribution in [0.4, 0.5) is 10.5 Å². The third-order valence-electron chi connectivity index (χ3n) is 3.39. The van der Waals surface area contributed by atoms with Crippen LogP contribution in [-0.2, 0) is 9.53 Å². The maximum absolute atomic E-state index is 12.2. The highest BCUT2D eigenvalue weighted by atomic mass is 79.9. The maximum Gasteiger partial charge on any atom is 0.409 e. The molecule has 0 aromatic heterocycles. The van der Waals surface area contributed by atoms with Crippen molar-refractivity contribution in [2.24, 2.45) is 5.92 Å². The molecule has 0 radical (unpaired) electrons. The Labute approximate surface area is 126 Å². The van der Waals surface area contributed by atoms with Gasteiger partial charge in [-0.1, -0.05) is 22.0 Å². The lowest BCUT2D eigenvalue weighted by Gasteiger charge is -2.30. The number of likely N-dealkylation sites (tertiary alicyclic amines) is 1. The van der Waals surface area contributed by atoms with Crippen LogP contribution in [0.2, 0.25) is 0 Å². The minimum atomic E-state index is -0.323. The first-order valence-corrected chi connectivity index (χ1v) is 7.29. The minimum Gasteiger partial charge on any atom is -0.453 e. The predicted molar refractivity (Wildman–Crippen MR) is 79.5 cm³/mol. The number of carbonyl (C=O) groups excluding carboxylic acids is 2. The molecule has 6 heteroatoms. The summed E-state index contributed by atoms with van der Waals surface area (Å²) in [6.07, 6.45) is 1.000. The molecular weight excluding hydrogens is 324 g/mol. The number of halogens is 1. The Bertz CT molecular complexity index is 499. The number of ether oxygens (including phenoxy) is 1. The summed E-state index contributed by atoms with van der Waals surface area (Å²) in [5.41, 5.74) is 0.778. The van der Waals surface area contributed by atoms with Gasteiger partial charge in [-0.05, 0) is 31.0 Å². The Morgan fingerprint density at radius 1 is 1.35 bits per heavy atom. The van der Waals surface area contributed by atoms with Crippen molar-refractivity contribution in [1.29, 1.82) is 0 Å². The van der Waals surface area contributed by atoms with Crippen LogP contribution in [-0.4, -0.2) is 37.1 Å². The van der Waals surface area contributed by atoms with Crippen LogP contribution >= 0.6 is 15.9 Å². The first kappa shape index (κ1) is 14.8. The van der Waals surface area contributed by atoms with Crippen LogP contribution in [0.15, 0.2) is 28.7 Å². The van der Waals surface area contributed by atoms with Crippen LogP contribution in [0.3, 0.4) is 0 Å². The molecule has 1 saturated heterocycles. The third kappa shape index (κ3) is 3.72. The van der Waals surface area contributed by atoms with Crippen molar-refractivity contribution in [3.05, 3.63) is 28.7 Å². The number of piperidine rings is 1. The third-order valence-corrected chi connectivity index (χ3v) is 3.88.